The minimum Gasteiger partial charge on any atom is -0.396 e. The predicted octanol–water partition coefficient (Wildman–Crippen LogP) is 1.41. The summed E-state index contributed by atoms with van der Waals surface area (Å²) in [7, 11) is 6.24. The molecule has 0 aliphatic carbocycles. The smallest absolute Gasteiger partial charge is 0.272 e. The van der Waals surface area contributed by atoms with E-state index in [1.807, 2.05) is 35.2 Å². The van der Waals surface area contributed by atoms with E-state index in [9.17, 15) is 9.90 Å². The van der Waals surface area contributed by atoms with Gasteiger partial charge >= 0.3 is 0 Å². The number of aliphatic hydroxyl groups excluding tert-OH is 1. The summed E-state index contributed by atoms with van der Waals surface area (Å²) in [5.74, 6) is 0.362. The lowest BCUT2D eigenvalue weighted by Crippen LogP contribution is -2.35. The average molecular weight is 370 g/mol. The molecule has 1 aliphatic rings. The molecular formula is C21H30N4O2. The van der Waals surface area contributed by atoms with Crippen molar-refractivity contribution in [3.8, 4) is 0 Å². The van der Waals surface area contributed by atoms with Crippen LogP contribution in [-0.4, -0.2) is 91.2 Å². The average Bonchev–Trinajstić information content (AvgIpc) is 3.08. The predicted molar refractivity (Wildman–Crippen MR) is 108 cm³/mol. The summed E-state index contributed by atoms with van der Waals surface area (Å²) in [6.45, 7) is 4.23. The molecule has 1 aromatic carbocycles. The molecule has 0 bridgehead atoms. The second-order valence-corrected chi connectivity index (χ2v) is 7.87. The molecule has 2 atom stereocenters. The van der Waals surface area contributed by atoms with Crippen molar-refractivity contribution in [1.82, 2.24) is 19.7 Å². The van der Waals surface area contributed by atoms with Crippen molar-refractivity contribution in [3.63, 3.8) is 0 Å². The van der Waals surface area contributed by atoms with Gasteiger partial charge in [0.2, 0.25) is 0 Å². The number of carbonyl (C=O) groups is 1. The van der Waals surface area contributed by atoms with Crippen molar-refractivity contribution in [2.24, 2.45) is 11.8 Å². The second kappa shape index (κ2) is 8.78. The Labute approximate surface area is 161 Å². The molecule has 1 aromatic heterocycles. The minimum absolute atomic E-state index is 0.0438. The Kier molecular flexibility index (Phi) is 6.42. The molecule has 1 amide bonds. The molecule has 2 heterocycles. The number of rotatable bonds is 7. The van der Waals surface area contributed by atoms with Crippen LogP contribution in [0.4, 0.5) is 0 Å². The normalized spacial score (nSPS) is 20.1. The fourth-order valence-corrected chi connectivity index (χ4v) is 3.73. The topological polar surface area (TPSA) is 59.9 Å². The highest BCUT2D eigenvalue weighted by molar-refractivity contribution is 5.95. The first-order valence-corrected chi connectivity index (χ1v) is 9.57. The van der Waals surface area contributed by atoms with Crippen LogP contribution in [0.2, 0.25) is 0 Å². The molecular weight excluding hydrogens is 340 g/mol. The summed E-state index contributed by atoms with van der Waals surface area (Å²) in [6, 6.07) is 11.6. The van der Waals surface area contributed by atoms with Gasteiger partial charge in [-0.15, -0.1) is 0 Å². The van der Waals surface area contributed by atoms with Gasteiger partial charge in [0.1, 0.15) is 5.69 Å². The summed E-state index contributed by atoms with van der Waals surface area (Å²) in [5, 5.41) is 10.8. The highest BCUT2D eigenvalue weighted by Gasteiger charge is 2.36. The van der Waals surface area contributed by atoms with Gasteiger partial charge in [0.05, 0.1) is 5.52 Å². The third kappa shape index (κ3) is 4.83. The lowest BCUT2D eigenvalue weighted by Gasteiger charge is -2.25. The molecule has 0 radical (unpaired) electrons. The number of fused-ring (bicyclic) bond motifs is 1. The van der Waals surface area contributed by atoms with E-state index in [1.54, 1.807) is 6.07 Å². The molecule has 1 fully saturated rings. The van der Waals surface area contributed by atoms with Gasteiger partial charge in [0.25, 0.3) is 5.91 Å². The van der Waals surface area contributed by atoms with Crippen LogP contribution in [0.25, 0.3) is 10.9 Å². The lowest BCUT2D eigenvalue weighted by molar-refractivity contribution is 0.0774. The maximum atomic E-state index is 13.0. The monoisotopic (exact) mass is 370 g/mol. The van der Waals surface area contributed by atoms with Gasteiger partial charge in [-0.25, -0.2) is 4.98 Å². The number of carbonyl (C=O) groups excluding carboxylic acids is 1. The third-order valence-electron chi connectivity index (χ3n) is 5.39. The Balaban J connectivity index is 1.66. The highest BCUT2D eigenvalue weighted by atomic mass is 16.3. The Bertz CT molecular complexity index is 780. The van der Waals surface area contributed by atoms with Crippen LogP contribution in [-0.2, 0) is 0 Å². The number of hydrogen-bond donors (Lipinski definition) is 1. The third-order valence-corrected chi connectivity index (χ3v) is 5.39. The Morgan fingerprint density at radius 1 is 1.11 bits per heavy atom. The van der Waals surface area contributed by atoms with Crippen molar-refractivity contribution >= 4 is 16.8 Å². The molecule has 27 heavy (non-hydrogen) atoms. The summed E-state index contributed by atoms with van der Waals surface area (Å²) in [6.07, 6.45) is 0. The van der Waals surface area contributed by atoms with E-state index in [0.717, 1.165) is 30.5 Å². The number of benzene rings is 1. The van der Waals surface area contributed by atoms with E-state index in [0.29, 0.717) is 18.8 Å². The zero-order valence-electron chi connectivity index (χ0n) is 16.5. The fraction of sp³-hybridized carbons (Fsp3) is 0.524. The maximum Gasteiger partial charge on any atom is 0.272 e. The molecule has 2 aromatic rings. The van der Waals surface area contributed by atoms with Gasteiger partial charge in [-0.1, -0.05) is 24.3 Å². The maximum absolute atomic E-state index is 13.0. The fourth-order valence-electron chi connectivity index (χ4n) is 3.73. The second-order valence-electron chi connectivity index (χ2n) is 7.87. The number of hydrogen-bond acceptors (Lipinski definition) is 5. The van der Waals surface area contributed by atoms with Gasteiger partial charge in [-0.2, -0.15) is 0 Å². The number of likely N-dealkylation sites (tertiary alicyclic amines) is 1. The van der Waals surface area contributed by atoms with Crippen LogP contribution in [0.3, 0.4) is 0 Å². The molecule has 1 saturated heterocycles. The van der Waals surface area contributed by atoms with Crippen LogP contribution in [0.5, 0.6) is 0 Å². The van der Waals surface area contributed by atoms with E-state index in [1.165, 1.54) is 0 Å². The number of likely N-dealkylation sites (N-methyl/N-ethyl adjacent to an activating group) is 2. The van der Waals surface area contributed by atoms with Gasteiger partial charge in [0.15, 0.2) is 0 Å². The summed E-state index contributed by atoms with van der Waals surface area (Å²) >= 11 is 0. The minimum atomic E-state index is -0.0438. The van der Waals surface area contributed by atoms with Crippen LogP contribution in [0.1, 0.15) is 10.5 Å². The Morgan fingerprint density at radius 2 is 1.85 bits per heavy atom. The zero-order chi connectivity index (χ0) is 19.4. The molecule has 1 aliphatic heterocycles. The number of amides is 1. The largest absolute Gasteiger partial charge is 0.396 e. The van der Waals surface area contributed by atoms with Gasteiger partial charge in [-0.3, -0.25) is 4.79 Å². The van der Waals surface area contributed by atoms with E-state index in [4.69, 9.17) is 0 Å². The van der Waals surface area contributed by atoms with Crippen molar-refractivity contribution in [3.05, 3.63) is 42.1 Å². The number of nitrogens with zero attached hydrogens (tertiary/aromatic N) is 4. The molecule has 0 spiro atoms. The van der Waals surface area contributed by atoms with Crippen LogP contribution in [0, 0.1) is 11.8 Å². The first-order chi connectivity index (χ1) is 13.0. The molecule has 3 rings (SSSR count). The first kappa shape index (κ1) is 19.7. The summed E-state index contributed by atoms with van der Waals surface area (Å²) in [4.78, 5) is 23.8. The van der Waals surface area contributed by atoms with Crippen LogP contribution < -0.4 is 0 Å². The van der Waals surface area contributed by atoms with E-state index >= 15 is 0 Å². The Hall–Kier alpha value is -2.02. The van der Waals surface area contributed by atoms with Gasteiger partial charge in [0, 0.05) is 50.6 Å². The van der Waals surface area contributed by atoms with E-state index in [2.05, 4.69) is 35.9 Å². The number of pyridine rings is 1. The molecule has 2 unspecified atom stereocenters. The summed E-state index contributed by atoms with van der Waals surface area (Å²) < 4.78 is 0. The first-order valence-electron chi connectivity index (χ1n) is 9.57. The van der Waals surface area contributed by atoms with E-state index < -0.39 is 0 Å². The number of aromatic nitrogens is 1. The lowest BCUT2D eigenvalue weighted by atomic mass is 9.96. The van der Waals surface area contributed by atoms with Crippen molar-refractivity contribution in [2.45, 2.75) is 0 Å². The standard InChI is InChI=1S/C21H30N4O2/c1-23(2)10-11-24(3)12-17-13-25(14-18(17)15-26)21(27)20-9-8-16-6-4-5-7-19(16)22-20/h4-9,17-18,26H,10-15H2,1-3H3. The van der Waals surface area contributed by atoms with Crippen molar-refractivity contribution < 1.29 is 9.90 Å². The summed E-state index contributed by atoms with van der Waals surface area (Å²) in [5.41, 5.74) is 1.31. The molecule has 6 heteroatoms. The van der Waals surface area contributed by atoms with E-state index in [-0.39, 0.29) is 24.3 Å². The highest BCUT2D eigenvalue weighted by Crippen LogP contribution is 2.25. The molecule has 1 N–H and O–H groups in total. The van der Waals surface area contributed by atoms with Crippen LogP contribution >= 0.6 is 0 Å². The SMILES string of the molecule is CN(C)CCN(C)CC1CN(C(=O)c2ccc3ccccc3n2)CC1CO. The van der Waals surface area contributed by atoms with Crippen molar-refractivity contribution in [2.75, 3.05) is 60.5 Å². The number of aliphatic hydroxyl groups is 1. The Morgan fingerprint density at radius 3 is 2.59 bits per heavy atom. The van der Waals surface area contributed by atoms with Crippen LogP contribution in [0.15, 0.2) is 36.4 Å². The molecule has 0 saturated carbocycles. The number of para-hydroxylation sites is 1. The quantitative estimate of drug-likeness (QED) is 0.799. The van der Waals surface area contributed by atoms with Gasteiger partial charge in [-0.05, 0) is 39.2 Å². The zero-order valence-corrected chi connectivity index (χ0v) is 16.5. The van der Waals surface area contributed by atoms with Crippen molar-refractivity contribution in [1.29, 1.82) is 0 Å². The molecule has 6 nitrogen and oxygen atoms in total. The van der Waals surface area contributed by atoms with Gasteiger partial charge < -0.3 is 19.8 Å². The molecule has 146 valence electrons.